The van der Waals surface area contributed by atoms with Gasteiger partial charge in [-0.2, -0.15) is 10.4 Å². The molecule has 0 amide bonds. The van der Waals surface area contributed by atoms with Gasteiger partial charge in [-0.25, -0.2) is 13.6 Å². The van der Waals surface area contributed by atoms with Crippen LogP contribution < -0.4 is 4.74 Å². The number of fused-ring (bicyclic) bond motifs is 1. The molecule has 3 aliphatic rings. The lowest BCUT2D eigenvalue weighted by molar-refractivity contribution is -0.0735. The van der Waals surface area contributed by atoms with Crippen molar-refractivity contribution in [1.82, 2.24) is 34.5 Å². The van der Waals surface area contributed by atoms with Gasteiger partial charge in [-0.05, 0) is 50.8 Å². The highest BCUT2D eigenvalue weighted by Gasteiger charge is 2.36. The molecule has 1 atom stereocenters. The van der Waals surface area contributed by atoms with E-state index in [1.165, 1.54) is 12.3 Å². The molecule has 7 rings (SSSR count). The summed E-state index contributed by atoms with van der Waals surface area (Å²) in [5.74, 6) is 0.413. The largest absolute Gasteiger partial charge is 0.481 e. The van der Waals surface area contributed by atoms with Crippen molar-refractivity contribution in [3.63, 3.8) is 0 Å². The van der Waals surface area contributed by atoms with Crippen molar-refractivity contribution >= 4 is 5.52 Å². The molecule has 4 aromatic heterocycles. The summed E-state index contributed by atoms with van der Waals surface area (Å²) in [5.41, 5.74) is 4.22. The summed E-state index contributed by atoms with van der Waals surface area (Å²) in [6.07, 6.45) is 8.32. The average molecular weight is 529 g/mol. The monoisotopic (exact) mass is 528 g/mol. The summed E-state index contributed by atoms with van der Waals surface area (Å²) in [4.78, 5) is 6.81. The number of aromatic nitrogens is 6. The van der Waals surface area contributed by atoms with E-state index in [2.05, 4.69) is 31.4 Å². The Morgan fingerprint density at radius 3 is 2.62 bits per heavy atom. The number of nitriles is 1. The number of rotatable bonds is 7. The van der Waals surface area contributed by atoms with Gasteiger partial charge in [0, 0.05) is 30.8 Å². The van der Waals surface area contributed by atoms with Crippen LogP contribution in [0.25, 0.3) is 16.8 Å². The summed E-state index contributed by atoms with van der Waals surface area (Å²) in [6.45, 7) is 5.78. The molecule has 11 heteroatoms. The van der Waals surface area contributed by atoms with Crippen LogP contribution >= 0.6 is 0 Å². The molecule has 1 saturated carbocycles. The normalized spacial score (nSPS) is 19.6. The third-order valence-electron chi connectivity index (χ3n) is 8.23. The van der Waals surface area contributed by atoms with E-state index in [1.54, 1.807) is 16.8 Å². The maximum atomic E-state index is 13.6. The fourth-order valence-corrected chi connectivity index (χ4v) is 5.76. The minimum absolute atomic E-state index is 0.278. The average Bonchev–Trinajstić information content (AvgIpc) is 3.56. The van der Waals surface area contributed by atoms with Gasteiger partial charge in [-0.1, -0.05) is 5.21 Å². The summed E-state index contributed by atoms with van der Waals surface area (Å²) < 4.78 is 29.2. The second-order valence-corrected chi connectivity index (χ2v) is 10.8. The van der Waals surface area contributed by atoms with Crippen LogP contribution in [0, 0.1) is 30.0 Å². The van der Waals surface area contributed by atoms with Gasteiger partial charge in [0.25, 0.3) is 0 Å². The molecule has 200 valence electrons. The second-order valence-electron chi connectivity index (χ2n) is 10.8. The number of halogens is 1. The first-order valence-electron chi connectivity index (χ1n) is 13.5. The Hall–Kier alpha value is -3.88. The van der Waals surface area contributed by atoms with Crippen molar-refractivity contribution in [3.8, 4) is 23.1 Å². The zero-order valence-corrected chi connectivity index (χ0v) is 21.7. The molecule has 4 aromatic rings. The molecule has 2 aliphatic heterocycles. The summed E-state index contributed by atoms with van der Waals surface area (Å²) in [5, 5.41) is 23.3. The molecule has 2 saturated heterocycles. The maximum Gasteiger partial charge on any atom is 0.148 e. The molecule has 1 aliphatic carbocycles. The van der Waals surface area contributed by atoms with Gasteiger partial charge in [-0.3, -0.25) is 9.88 Å². The summed E-state index contributed by atoms with van der Waals surface area (Å²) >= 11 is 0. The molecular formula is C28H29FN8O2. The first kappa shape index (κ1) is 24.2. The van der Waals surface area contributed by atoms with E-state index < -0.39 is 0 Å². The standard InChI is InChI=1S/C28H29FN8O2/c1-17-26(33-34-37(17)22-6-8-35(9-7-22)23-15-38-16-23)19-10-25(27-20(11-30)12-32-36(27)14-19)39-28(18-2-3-18)24-5-4-21(29)13-31-24/h4-5,10,12-14,18,22-23,28H,2-3,6-9,15-16H2,1H3/t28-/m0/s1. The lowest BCUT2D eigenvalue weighted by atomic mass is 10.0. The molecule has 0 radical (unpaired) electrons. The quantitative estimate of drug-likeness (QED) is 0.356. The van der Waals surface area contributed by atoms with E-state index in [-0.39, 0.29) is 17.8 Å². The molecule has 0 spiro atoms. The van der Waals surface area contributed by atoms with E-state index in [1.807, 2.05) is 23.9 Å². The lowest BCUT2D eigenvalue weighted by Crippen LogP contribution is -2.52. The van der Waals surface area contributed by atoms with Gasteiger partial charge in [0.1, 0.15) is 40.5 Å². The van der Waals surface area contributed by atoms with E-state index in [4.69, 9.17) is 9.47 Å². The molecule has 0 aromatic carbocycles. The molecule has 0 N–H and O–H groups in total. The number of pyridine rings is 2. The Kier molecular flexibility index (Phi) is 6.01. The van der Waals surface area contributed by atoms with Gasteiger partial charge in [0.15, 0.2) is 0 Å². The highest BCUT2D eigenvalue weighted by atomic mass is 19.1. The first-order chi connectivity index (χ1) is 19.1. The van der Waals surface area contributed by atoms with Crippen LogP contribution in [-0.2, 0) is 4.74 Å². The third kappa shape index (κ3) is 4.43. The minimum atomic E-state index is -0.387. The van der Waals surface area contributed by atoms with Crippen molar-refractivity contribution in [3.05, 3.63) is 59.6 Å². The Labute approximate surface area is 225 Å². The Morgan fingerprint density at radius 1 is 1.13 bits per heavy atom. The zero-order valence-electron chi connectivity index (χ0n) is 21.7. The number of nitrogens with zero attached hydrogens (tertiary/aromatic N) is 8. The second kappa shape index (κ2) is 9.70. The first-order valence-corrected chi connectivity index (χ1v) is 13.5. The van der Waals surface area contributed by atoms with Crippen molar-refractivity contribution in [1.29, 1.82) is 5.26 Å². The van der Waals surface area contributed by atoms with Crippen molar-refractivity contribution in [2.75, 3.05) is 26.3 Å². The topological polar surface area (TPSA) is 106 Å². The van der Waals surface area contributed by atoms with Crippen molar-refractivity contribution in [2.24, 2.45) is 5.92 Å². The van der Waals surface area contributed by atoms with E-state index in [0.717, 1.165) is 68.9 Å². The van der Waals surface area contributed by atoms with Crippen LogP contribution in [0.1, 0.15) is 54.8 Å². The van der Waals surface area contributed by atoms with Crippen LogP contribution in [0.2, 0.25) is 0 Å². The smallest absolute Gasteiger partial charge is 0.148 e. The van der Waals surface area contributed by atoms with Gasteiger partial charge < -0.3 is 9.47 Å². The zero-order chi connectivity index (χ0) is 26.5. The molecule has 10 nitrogen and oxygen atoms in total. The fraction of sp³-hybridized carbons (Fsp3) is 0.464. The Bertz CT molecular complexity index is 1540. The molecular weight excluding hydrogens is 499 g/mol. The number of likely N-dealkylation sites (tertiary alicyclic amines) is 1. The van der Waals surface area contributed by atoms with E-state index in [0.29, 0.717) is 34.6 Å². The van der Waals surface area contributed by atoms with Gasteiger partial charge in [0.05, 0.1) is 49.1 Å². The molecule has 0 bridgehead atoms. The summed E-state index contributed by atoms with van der Waals surface area (Å²) in [6, 6.07) is 8.05. The van der Waals surface area contributed by atoms with Crippen molar-refractivity contribution < 1.29 is 13.9 Å². The Balaban J connectivity index is 1.21. The van der Waals surface area contributed by atoms with Crippen LogP contribution in [-0.4, -0.2) is 66.8 Å². The predicted octanol–water partition coefficient (Wildman–Crippen LogP) is 3.87. The number of piperidine rings is 1. The minimum Gasteiger partial charge on any atom is -0.481 e. The highest BCUT2D eigenvalue weighted by Crippen LogP contribution is 2.44. The SMILES string of the molecule is Cc1c(-c2cc(O[C@H](c3ccc(F)cn3)C3CC3)c3c(C#N)cnn3c2)nnn1C1CCN(C2COC2)CC1. The predicted molar refractivity (Wildman–Crippen MR) is 138 cm³/mol. The Morgan fingerprint density at radius 2 is 1.95 bits per heavy atom. The molecule has 39 heavy (non-hydrogen) atoms. The van der Waals surface area contributed by atoms with Crippen molar-refractivity contribution in [2.45, 2.75) is 50.8 Å². The number of hydrogen-bond donors (Lipinski definition) is 0. The fourth-order valence-electron chi connectivity index (χ4n) is 5.76. The highest BCUT2D eigenvalue weighted by molar-refractivity contribution is 5.74. The lowest BCUT2D eigenvalue weighted by Gasteiger charge is -2.41. The maximum absolute atomic E-state index is 13.6. The molecule has 3 fully saturated rings. The van der Waals surface area contributed by atoms with E-state index >= 15 is 0 Å². The van der Waals surface area contributed by atoms with Gasteiger partial charge in [-0.15, -0.1) is 5.10 Å². The number of ether oxygens (including phenoxy) is 2. The van der Waals surface area contributed by atoms with Crippen LogP contribution in [0.15, 0.2) is 36.8 Å². The van der Waals surface area contributed by atoms with Crippen LogP contribution in [0.5, 0.6) is 5.75 Å². The molecule has 0 unspecified atom stereocenters. The van der Waals surface area contributed by atoms with Crippen LogP contribution in [0.3, 0.4) is 0 Å². The summed E-state index contributed by atoms with van der Waals surface area (Å²) in [7, 11) is 0. The van der Waals surface area contributed by atoms with Crippen LogP contribution in [0.4, 0.5) is 4.39 Å². The van der Waals surface area contributed by atoms with Gasteiger partial charge >= 0.3 is 0 Å². The third-order valence-corrected chi connectivity index (χ3v) is 8.23. The molecule has 6 heterocycles. The van der Waals surface area contributed by atoms with Gasteiger partial charge in [0.2, 0.25) is 0 Å². The number of hydrogen-bond acceptors (Lipinski definition) is 8. The van der Waals surface area contributed by atoms with E-state index in [9.17, 15) is 9.65 Å².